The van der Waals surface area contributed by atoms with Crippen LogP contribution >= 0.6 is 24.0 Å². The van der Waals surface area contributed by atoms with Crippen molar-refractivity contribution in [1.82, 2.24) is 24.9 Å². The number of aromatic nitrogens is 2. The summed E-state index contributed by atoms with van der Waals surface area (Å²) < 4.78 is 1.89. The third kappa shape index (κ3) is 6.77. The van der Waals surface area contributed by atoms with E-state index in [0.29, 0.717) is 5.92 Å². The topological polar surface area (TPSA) is 48.7 Å². The van der Waals surface area contributed by atoms with E-state index < -0.39 is 0 Å². The van der Waals surface area contributed by atoms with Gasteiger partial charge in [0.15, 0.2) is 5.96 Å². The van der Waals surface area contributed by atoms with Gasteiger partial charge in [-0.15, -0.1) is 24.0 Å². The number of halogens is 1. The highest BCUT2D eigenvalue weighted by molar-refractivity contribution is 14.0. The minimum atomic E-state index is 0. The Balaban J connectivity index is 0.00000312. The summed E-state index contributed by atoms with van der Waals surface area (Å²) >= 11 is 0. The van der Waals surface area contributed by atoms with Crippen molar-refractivity contribution in [2.45, 2.75) is 39.5 Å². The Morgan fingerprint density at radius 2 is 2.12 bits per heavy atom. The van der Waals surface area contributed by atoms with E-state index in [1.165, 1.54) is 12.0 Å². The summed E-state index contributed by atoms with van der Waals surface area (Å²) in [6.07, 6.45) is 6.44. The molecule has 1 aliphatic rings. The van der Waals surface area contributed by atoms with E-state index in [-0.39, 0.29) is 24.0 Å². The third-order valence-electron chi connectivity index (χ3n) is 4.81. The van der Waals surface area contributed by atoms with E-state index in [0.717, 1.165) is 58.2 Å². The molecule has 1 atom stereocenters. The number of rotatable bonds is 8. The average Bonchev–Trinajstić information content (AvgIpc) is 3.23. The molecule has 25 heavy (non-hydrogen) atoms. The molecule has 2 rings (SSSR count). The Labute approximate surface area is 170 Å². The number of aryl methyl sites for hydroxylation is 1. The molecule has 1 unspecified atom stereocenters. The first-order valence-corrected chi connectivity index (χ1v) is 9.42. The minimum absolute atomic E-state index is 0. The Hall–Kier alpha value is -0.830. The fourth-order valence-corrected chi connectivity index (χ4v) is 3.32. The first-order valence-electron chi connectivity index (χ1n) is 9.42. The van der Waals surface area contributed by atoms with Gasteiger partial charge < -0.3 is 15.1 Å². The smallest absolute Gasteiger partial charge is 0.193 e. The van der Waals surface area contributed by atoms with Crippen LogP contribution in [0.25, 0.3) is 0 Å². The van der Waals surface area contributed by atoms with Crippen LogP contribution in [0.5, 0.6) is 0 Å². The van der Waals surface area contributed by atoms with Crippen LogP contribution in [0, 0.1) is 0 Å². The van der Waals surface area contributed by atoms with E-state index in [1.54, 1.807) is 0 Å². The van der Waals surface area contributed by atoms with Gasteiger partial charge in [0, 0.05) is 45.3 Å². The van der Waals surface area contributed by atoms with Crippen molar-refractivity contribution in [1.29, 1.82) is 0 Å². The highest BCUT2D eigenvalue weighted by atomic mass is 127. The molecule has 0 spiro atoms. The number of hydrogen-bond acceptors (Lipinski definition) is 3. The molecule has 1 aliphatic heterocycles. The zero-order valence-electron chi connectivity index (χ0n) is 16.2. The SMILES string of the molecule is CCNC(=NCCCN(CC)CC)N1CCC(c2cnn(C)c2)C1.I. The molecule has 0 aromatic carbocycles. The molecule has 1 saturated heterocycles. The van der Waals surface area contributed by atoms with Gasteiger partial charge in [-0.05, 0) is 45.0 Å². The molecule has 0 aliphatic carbocycles. The minimum Gasteiger partial charge on any atom is -0.357 e. The van der Waals surface area contributed by atoms with Crippen molar-refractivity contribution in [3.8, 4) is 0 Å². The molecule has 6 nitrogen and oxygen atoms in total. The number of hydrogen-bond donors (Lipinski definition) is 1. The van der Waals surface area contributed by atoms with Crippen LogP contribution in [0.2, 0.25) is 0 Å². The van der Waals surface area contributed by atoms with Crippen LogP contribution in [0.4, 0.5) is 0 Å². The molecule has 1 aromatic heterocycles. The second kappa shape index (κ2) is 11.7. The first-order chi connectivity index (χ1) is 11.7. The van der Waals surface area contributed by atoms with E-state index in [2.05, 4.69) is 47.2 Å². The number of nitrogens with zero attached hydrogens (tertiary/aromatic N) is 5. The molecule has 0 amide bonds. The summed E-state index contributed by atoms with van der Waals surface area (Å²) in [6.45, 7) is 13.9. The maximum absolute atomic E-state index is 4.85. The Bertz CT molecular complexity index is 511. The number of guanidine groups is 1. The molecular formula is C18H35IN6. The van der Waals surface area contributed by atoms with Crippen molar-refractivity contribution < 1.29 is 0 Å². The van der Waals surface area contributed by atoms with Gasteiger partial charge in [0.2, 0.25) is 0 Å². The van der Waals surface area contributed by atoms with Gasteiger partial charge >= 0.3 is 0 Å². The lowest BCUT2D eigenvalue weighted by molar-refractivity contribution is 0.301. The largest absolute Gasteiger partial charge is 0.357 e. The summed E-state index contributed by atoms with van der Waals surface area (Å²) in [4.78, 5) is 9.71. The first kappa shape index (κ1) is 22.2. The van der Waals surface area contributed by atoms with Crippen molar-refractivity contribution >= 4 is 29.9 Å². The second-order valence-corrected chi connectivity index (χ2v) is 6.50. The maximum Gasteiger partial charge on any atom is 0.193 e. The molecule has 7 heteroatoms. The third-order valence-corrected chi connectivity index (χ3v) is 4.81. The van der Waals surface area contributed by atoms with Crippen molar-refractivity contribution in [2.75, 3.05) is 45.8 Å². The van der Waals surface area contributed by atoms with Crippen molar-refractivity contribution in [2.24, 2.45) is 12.0 Å². The fraction of sp³-hybridized carbons (Fsp3) is 0.778. The summed E-state index contributed by atoms with van der Waals surface area (Å²) in [5.74, 6) is 1.64. The zero-order chi connectivity index (χ0) is 17.4. The van der Waals surface area contributed by atoms with Gasteiger partial charge in [-0.2, -0.15) is 5.10 Å². The van der Waals surface area contributed by atoms with Gasteiger partial charge in [0.05, 0.1) is 6.20 Å². The predicted octanol–water partition coefficient (Wildman–Crippen LogP) is 2.52. The lowest BCUT2D eigenvalue weighted by atomic mass is 10.0. The lowest BCUT2D eigenvalue weighted by Gasteiger charge is -2.22. The highest BCUT2D eigenvalue weighted by Crippen LogP contribution is 2.26. The van der Waals surface area contributed by atoms with Gasteiger partial charge in [0.1, 0.15) is 0 Å². The second-order valence-electron chi connectivity index (χ2n) is 6.50. The van der Waals surface area contributed by atoms with Gasteiger partial charge in [-0.3, -0.25) is 9.67 Å². The average molecular weight is 462 g/mol. The fourth-order valence-electron chi connectivity index (χ4n) is 3.32. The predicted molar refractivity (Wildman–Crippen MR) is 116 cm³/mol. The van der Waals surface area contributed by atoms with Crippen LogP contribution in [-0.4, -0.2) is 71.4 Å². The monoisotopic (exact) mass is 462 g/mol. The number of likely N-dealkylation sites (tertiary alicyclic amines) is 1. The molecule has 0 radical (unpaired) electrons. The van der Waals surface area contributed by atoms with Gasteiger partial charge in [0.25, 0.3) is 0 Å². The molecule has 0 bridgehead atoms. The van der Waals surface area contributed by atoms with Crippen LogP contribution < -0.4 is 5.32 Å². The standard InChI is InChI=1S/C18H34N6.HI/c1-5-19-18(20-10-8-11-23(6-2)7-3)24-12-9-16(15-24)17-13-21-22(4)14-17;/h13-14,16H,5-12,15H2,1-4H3,(H,19,20);1H. The Morgan fingerprint density at radius 3 is 2.72 bits per heavy atom. The number of nitrogens with one attached hydrogen (secondary N) is 1. The van der Waals surface area contributed by atoms with E-state index >= 15 is 0 Å². The van der Waals surface area contributed by atoms with Crippen molar-refractivity contribution in [3.63, 3.8) is 0 Å². The Kier molecular flexibility index (Phi) is 10.4. The quantitative estimate of drug-likeness (QED) is 0.279. The maximum atomic E-state index is 4.85. The summed E-state index contributed by atoms with van der Waals surface area (Å²) in [5.41, 5.74) is 1.34. The molecule has 144 valence electrons. The lowest BCUT2D eigenvalue weighted by Crippen LogP contribution is -2.40. The molecular weight excluding hydrogens is 427 g/mol. The Morgan fingerprint density at radius 1 is 1.36 bits per heavy atom. The van der Waals surface area contributed by atoms with Crippen LogP contribution in [0.3, 0.4) is 0 Å². The number of aliphatic imine (C=N–C) groups is 1. The summed E-state index contributed by atoms with van der Waals surface area (Å²) in [6, 6.07) is 0. The zero-order valence-corrected chi connectivity index (χ0v) is 18.6. The highest BCUT2D eigenvalue weighted by Gasteiger charge is 2.26. The van der Waals surface area contributed by atoms with E-state index in [9.17, 15) is 0 Å². The van der Waals surface area contributed by atoms with E-state index in [4.69, 9.17) is 4.99 Å². The molecule has 1 N–H and O–H groups in total. The van der Waals surface area contributed by atoms with Crippen LogP contribution in [0.1, 0.15) is 45.1 Å². The van der Waals surface area contributed by atoms with Gasteiger partial charge in [-0.25, -0.2) is 0 Å². The van der Waals surface area contributed by atoms with Crippen molar-refractivity contribution in [3.05, 3.63) is 18.0 Å². The van der Waals surface area contributed by atoms with Gasteiger partial charge in [-0.1, -0.05) is 13.8 Å². The van der Waals surface area contributed by atoms with E-state index in [1.807, 2.05) is 17.9 Å². The summed E-state index contributed by atoms with van der Waals surface area (Å²) in [7, 11) is 1.98. The molecule has 1 fully saturated rings. The molecule has 1 aromatic rings. The molecule has 2 heterocycles. The summed E-state index contributed by atoms with van der Waals surface area (Å²) in [5, 5.41) is 7.77. The normalized spacial score (nSPS) is 17.9. The molecule has 0 saturated carbocycles. The van der Waals surface area contributed by atoms with Crippen LogP contribution in [-0.2, 0) is 7.05 Å². The van der Waals surface area contributed by atoms with Crippen LogP contribution in [0.15, 0.2) is 17.4 Å².